The number of carbonyl (C=O) groups excluding carboxylic acids is 1. The third-order valence-corrected chi connectivity index (χ3v) is 5.49. The van der Waals surface area contributed by atoms with Crippen LogP contribution in [0.3, 0.4) is 0 Å². The summed E-state index contributed by atoms with van der Waals surface area (Å²) in [6, 6.07) is 17.7. The molecule has 0 aliphatic carbocycles. The largest absolute Gasteiger partial charge is 0.486 e. The highest BCUT2D eigenvalue weighted by atomic mass is 19.2. The van der Waals surface area contributed by atoms with E-state index in [1.165, 1.54) is 18.3 Å². The van der Waals surface area contributed by atoms with E-state index < -0.39 is 47.1 Å². The highest BCUT2D eigenvalue weighted by molar-refractivity contribution is 6.01. The molecule has 0 aliphatic heterocycles. The summed E-state index contributed by atoms with van der Waals surface area (Å²) in [6.07, 6.45) is 1.21. The molecule has 0 aliphatic rings. The zero-order valence-corrected chi connectivity index (χ0v) is 18.8. The van der Waals surface area contributed by atoms with Crippen molar-refractivity contribution in [3.8, 4) is 5.75 Å². The first-order chi connectivity index (χ1) is 17.8. The molecule has 37 heavy (non-hydrogen) atoms. The Balaban J connectivity index is 1.22. The Hall–Kier alpha value is -4.67. The van der Waals surface area contributed by atoms with Crippen LogP contribution in [0.25, 0.3) is 10.8 Å². The summed E-state index contributed by atoms with van der Waals surface area (Å²) in [7, 11) is 0. The molecule has 188 valence electrons. The SMILES string of the molecule is O=C(Nc1ccn(Cc2c(F)c(F)c(F)c(F)c2F)n1)c1ccc(COc2ccc3ccccc3c2)o1. The summed E-state index contributed by atoms with van der Waals surface area (Å²) in [5.41, 5.74) is -1.06. The van der Waals surface area contributed by atoms with Crippen molar-refractivity contribution >= 4 is 22.5 Å². The molecule has 0 fully saturated rings. The number of aromatic nitrogens is 2. The molecule has 2 heterocycles. The summed E-state index contributed by atoms with van der Waals surface area (Å²) in [5.74, 6) is -9.98. The highest BCUT2D eigenvalue weighted by Crippen LogP contribution is 2.24. The van der Waals surface area contributed by atoms with E-state index in [1.807, 2.05) is 42.5 Å². The molecule has 0 saturated carbocycles. The number of nitrogens with zero attached hydrogens (tertiary/aromatic N) is 2. The summed E-state index contributed by atoms with van der Waals surface area (Å²) >= 11 is 0. The van der Waals surface area contributed by atoms with Gasteiger partial charge in [-0.1, -0.05) is 30.3 Å². The average Bonchev–Trinajstić information content (AvgIpc) is 3.57. The van der Waals surface area contributed by atoms with Gasteiger partial charge in [0, 0.05) is 12.3 Å². The first-order valence-electron chi connectivity index (χ1n) is 10.9. The number of carbonyl (C=O) groups is 1. The molecule has 5 rings (SSSR count). The molecule has 0 radical (unpaired) electrons. The first kappa shape index (κ1) is 24.0. The molecule has 11 heteroatoms. The van der Waals surface area contributed by atoms with E-state index in [0.717, 1.165) is 15.5 Å². The van der Waals surface area contributed by atoms with Crippen molar-refractivity contribution in [2.24, 2.45) is 0 Å². The predicted octanol–water partition coefficient (Wildman–Crippen LogP) is 6.20. The van der Waals surface area contributed by atoms with Crippen LogP contribution >= 0.6 is 0 Å². The number of nitrogens with one attached hydrogen (secondary N) is 1. The minimum absolute atomic E-state index is 0.0285. The van der Waals surface area contributed by atoms with Gasteiger partial charge in [0.15, 0.2) is 34.8 Å². The molecule has 6 nitrogen and oxygen atoms in total. The Labute approximate surface area is 205 Å². The second kappa shape index (κ2) is 9.76. The van der Waals surface area contributed by atoms with Crippen LogP contribution in [0.4, 0.5) is 27.8 Å². The highest BCUT2D eigenvalue weighted by Gasteiger charge is 2.26. The molecule has 2 aromatic heterocycles. The van der Waals surface area contributed by atoms with Crippen molar-refractivity contribution in [2.45, 2.75) is 13.2 Å². The van der Waals surface area contributed by atoms with Crippen molar-refractivity contribution < 1.29 is 35.9 Å². The minimum atomic E-state index is -2.24. The fraction of sp³-hybridized carbons (Fsp3) is 0.0769. The number of hydrogen-bond donors (Lipinski definition) is 1. The lowest BCUT2D eigenvalue weighted by molar-refractivity contribution is 0.0992. The van der Waals surface area contributed by atoms with Gasteiger partial charge in [-0.2, -0.15) is 5.10 Å². The number of rotatable bonds is 7. The Morgan fingerprint density at radius 2 is 1.57 bits per heavy atom. The maximum Gasteiger partial charge on any atom is 0.292 e. The van der Waals surface area contributed by atoms with Crippen LogP contribution in [0.2, 0.25) is 0 Å². The van der Waals surface area contributed by atoms with Gasteiger partial charge >= 0.3 is 0 Å². The van der Waals surface area contributed by atoms with Gasteiger partial charge < -0.3 is 14.5 Å². The molecule has 5 aromatic rings. The number of ether oxygens (including phenoxy) is 1. The zero-order chi connectivity index (χ0) is 26.1. The van der Waals surface area contributed by atoms with Crippen LogP contribution in [-0.4, -0.2) is 15.7 Å². The van der Waals surface area contributed by atoms with Gasteiger partial charge in [-0.15, -0.1) is 0 Å². The maximum absolute atomic E-state index is 13.9. The van der Waals surface area contributed by atoms with Crippen LogP contribution in [0.15, 0.2) is 71.3 Å². The van der Waals surface area contributed by atoms with Gasteiger partial charge in [0.2, 0.25) is 5.82 Å². The Kier molecular flexibility index (Phi) is 6.34. The third kappa shape index (κ3) is 4.88. The van der Waals surface area contributed by atoms with E-state index in [2.05, 4.69) is 10.4 Å². The standard InChI is InChI=1S/C26H16F5N3O3/c27-21-18(22(28)24(30)25(31)23(21)29)12-34-10-9-20(33-34)32-26(35)19-8-7-17(37-19)13-36-16-6-5-14-3-1-2-4-15(14)11-16/h1-11H,12-13H2,(H,32,33,35). The lowest BCUT2D eigenvalue weighted by Crippen LogP contribution is -2.13. The zero-order valence-electron chi connectivity index (χ0n) is 18.8. The molecule has 3 aromatic carbocycles. The average molecular weight is 513 g/mol. The summed E-state index contributed by atoms with van der Waals surface area (Å²) in [4.78, 5) is 12.5. The van der Waals surface area contributed by atoms with Gasteiger partial charge in [-0.3, -0.25) is 9.48 Å². The lowest BCUT2D eigenvalue weighted by Gasteiger charge is -2.08. The maximum atomic E-state index is 13.9. The third-order valence-electron chi connectivity index (χ3n) is 5.49. The van der Waals surface area contributed by atoms with E-state index in [0.29, 0.717) is 11.5 Å². The molecular formula is C26H16F5N3O3. The summed E-state index contributed by atoms with van der Waals surface area (Å²) in [6.45, 7) is -0.680. The number of hydrogen-bond acceptors (Lipinski definition) is 4. The number of amides is 1. The number of fused-ring (bicyclic) bond motifs is 1. The van der Waals surface area contributed by atoms with Gasteiger partial charge in [0.05, 0.1) is 12.1 Å². The van der Waals surface area contributed by atoms with Crippen LogP contribution in [0, 0.1) is 29.1 Å². The van der Waals surface area contributed by atoms with Crippen LogP contribution in [-0.2, 0) is 13.2 Å². The molecular weight excluding hydrogens is 497 g/mol. The van der Waals surface area contributed by atoms with Gasteiger partial charge in [0.25, 0.3) is 5.91 Å². The number of benzene rings is 3. The molecule has 0 bridgehead atoms. The van der Waals surface area contributed by atoms with Crippen molar-refractivity contribution in [1.82, 2.24) is 9.78 Å². The smallest absolute Gasteiger partial charge is 0.292 e. The van der Waals surface area contributed by atoms with Gasteiger partial charge in [0.1, 0.15) is 18.1 Å². The quantitative estimate of drug-likeness (QED) is 0.160. The van der Waals surface area contributed by atoms with E-state index in [-0.39, 0.29) is 18.2 Å². The molecule has 1 N–H and O–H groups in total. The molecule has 0 saturated heterocycles. The van der Waals surface area contributed by atoms with E-state index in [4.69, 9.17) is 9.15 Å². The van der Waals surface area contributed by atoms with Gasteiger partial charge in [-0.05, 0) is 35.0 Å². The van der Waals surface area contributed by atoms with Crippen LogP contribution < -0.4 is 10.1 Å². The molecule has 0 atom stereocenters. The van der Waals surface area contributed by atoms with E-state index in [1.54, 1.807) is 6.07 Å². The monoisotopic (exact) mass is 513 g/mol. The lowest BCUT2D eigenvalue weighted by atomic mass is 10.1. The fourth-order valence-corrected chi connectivity index (χ4v) is 3.63. The summed E-state index contributed by atoms with van der Waals surface area (Å²) < 4.78 is 80.1. The first-order valence-corrected chi connectivity index (χ1v) is 10.9. The van der Waals surface area contributed by atoms with E-state index >= 15 is 0 Å². The normalized spacial score (nSPS) is 11.2. The Morgan fingerprint density at radius 1 is 0.865 bits per heavy atom. The summed E-state index contributed by atoms with van der Waals surface area (Å²) in [5, 5.41) is 8.40. The predicted molar refractivity (Wildman–Crippen MR) is 123 cm³/mol. The van der Waals surface area contributed by atoms with Crippen LogP contribution in [0.5, 0.6) is 5.75 Å². The Morgan fingerprint density at radius 3 is 2.32 bits per heavy atom. The van der Waals surface area contributed by atoms with E-state index in [9.17, 15) is 26.7 Å². The topological polar surface area (TPSA) is 69.3 Å². The Bertz CT molecular complexity index is 1600. The van der Waals surface area contributed by atoms with Crippen molar-refractivity contribution in [3.05, 3.63) is 113 Å². The fourth-order valence-electron chi connectivity index (χ4n) is 3.63. The van der Waals surface area contributed by atoms with Crippen molar-refractivity contribution in [1.29, 1.82) is 0 Å². The van der Waals surface area contributed by atoms with Crippen LogP contribution in [0.1, 0.15) is 21.9 Å². The second-order valence-electron chi connectivity index (χ2n) is 7.96. The van der Waals surface area contributed by atoms with Gasteiger partial charge in [-0.25, -0.2) is 22.0 Å². The molecule has 1 amide bonds. The number of anilines is 1. The van der Waals surface area contributed by atoms with Crippen molar-refractivity contribution in [3.63, 3.8) is 0 Å². The molecule has 0 unspecified atom stereocenters. The van der Waals surface area contributed by atoms with Crippen molar-refractivity contribution in [2.75, 3.05) is 5.32 Å². The second-order valence-corrected chi connectivity index (χ2v) is 7.96. The minimum Gasteiger partial charge on any atom is -0.486 e. The number of halogens is 5. The number of furan rings is 1. The molecule has 0 spiro atoms.